The van der Waals surface area contributed by atoms with E-state index in [1.165, 1.54) is 4.90 Å². The Hall–Kier alpha value is -0.940. The number of nitrogens with one attached hydrogen (secondary N) is 1. The molecule has 0 bridgehead atoms. The molecular weight excluding hydrogens is 242 g/mol. The molecule has 1 N–H and O–H groups in total. The van der Waals surface area contributed by atoms with Crippen LogP contribution in [0, 0.1) is 0 Å². The minimum absolute atomic E-state index is 0.0147. The van der Waals surface area contributed by atoms with Crippen molar-refractivity contribution in [1.29, 1.82) is 0 Å². The molecule has 2 fully saturated rings. The van der Waals surface area contributed by atoms with Gasteiger partial charge in [-0.1, -0.05) is 13.8 Å². The predicted molar refractivity (Wildman–Crippen MR) is 73.7 cm³/mol. The van der Waals surface area contributed by atoms with Crippen LogP contribution in [0.15, 0.2) is 0 Å². The number of amides is 2. The van der Waals surface area contributed by atoms with Crippen molar-refractivity contribution in [3.8, 4) is 0 Å². The minimum atomic E-state index is -0.215. The standard InChI is InChI=1S/C14H25N3O2/c1-3-11(4-2)17-13(18)10-12(14(17)19)16-8-5-6-15-7-9-16/h11-12,15H,3-10H2,1-2H3. The second-order valence-electron chi connectivity index (χ2n) is 5.43. The minimum Gasteiger partial charge on any atom is -0.315 e. The molecule has 5 nitrogen and oxygen atoms in total. The molecule has 0 aliphatic carbocycles. The molecule has 1 atom stereocenters. The number of nitrogens with zero attached hydrogens (tertiary/aromatic N) is 2. The average molecular weight is 267 g/mol. The molecule has 0 radical (unpaired) electrons. The first-order chi connectivity index (χ1) is 9.19. The highest BCUT2D eigenvalue weighted by Crippen LogP contribution is 2.24. The van der Waals surface area contributed by atoms with Crippen molar-refractivity contribution < 1.29 is 9.59 Å². The Bertz CT molecular complexity index is 334. The number of carbonyl (C=O) groups excluding carboxylic acids is 2. The smallest absolute Gasteiger partial charge is 0.247 e. The summed E-state index contributed by atoms with van der Waals surface area (Å²) in [6, 6.07) is -0.136. The van der Waals surface area contributed by atoms with Crippen molar-refractivity contribution >= 4 is 11.8 Å². The molecule has 2 amide bonds. The Kier molecular flexibility index (Phi) is 4.93. The Morgan fingerprint density at radius 1 is 1.21 bits per heavy atom. The van der Waals surface area contributed by atoms with Crippen LogP contribution in [0.25, 0.3) is 0 Å². The number of imide groups is 1. The molecule has 0 saturated carbocycles. The van der Waals surface area contributed by atoms with Crippen molar-refractivity contribution in [1.82, 2.24) is 15.1 Å². The van der Waals surface area contributed by atoms with E-state index in [0.717, 1.165) is 45.4 Å². The van der Waals surface area contributed by atoms with E-state index in [4.69, 9.17) is 0 Å². The third-order valence-corrected chi connectivity index (χ3v) is 4.28. The highest BCUT2D eigenvalue weighted by Gasteiger charge is 2.43. The zero-order valence-corrected chi connectivity index (χ0v) is 12.0. The first-order valence-corrected chi connectivity index (χ1v) is 7.49. The lowest BCUT2D eigenvalue weighted by Crippen LogP contribution is -2.46. The summed E-state index contributed by atoms with van der Waals surface area (Å²) in [5.74, 6) is 0.0431. The molecule has 0 aromatic carbocycles. The SMILES string of the molecule is CCC(CC)N1C(=O)CC(N2CCCNCC2)C1=O. The number of likely N-dealkylation sites (tertiary alicyclic amines) is 1. The molecule has 19 heavy (non-hydrogen) atoms. The monoisotopic (exact) mass is 267 g/mol. The van der Waals surface area contributed by atoms with Gasteiger partial charge in [-0.05, 0) is 25.8 Å². The van der Waals surface area contributed by atoms with E-state index in [1.54, 1.807) is 0 Å². The zero-order valence-electron chi connectivity index (χ0n) is 12.0. The number of carbonyl (C=O) groups is 2. The Morgan fingerprint density at radius 3 is 2.63 bits per heavy atom. The zero-order chi connectivity index (χ0) is 13.8. The summed E-state index contributed by atoms with van der Waals surface area (Å²) in [6.45, 7) is 7.76. The van der Waals surface area contributed by atoms with Crippen LogP contribution in [0.5, 0.6) is 0 Å². The lowest BCUT2D eigenvalue weighted by atomic mass is 10.1. The molecule has 2 aliphatic rings. The molecule has 0 aromatic rings. The van der Waals surface area contributed by atoms with E-state index in [0.29, 0.717) is 6.42 Å². The summed E-state index contributed by atoms with van der Waals surface area (Å²) < 4.78 is 0. The average Bonchev–Trinajstić information content (AvgIpc) is 2.64. The Labute approximate surface area is 115 Å². The van der Waals surface area contributed by atoms with Crippen LogP contribution in [-0.2, 0) is 9.59 Å². The molecule has 2 heterocycles. The van der Waals surface area contributed by atoms with E-state index in [9.17, 15) is 9.59 Å². The molecule has 5 heteroatoms. The molecule has 2 rings (SSSR count). The van der Waals surface area contributed by atoms with Gasteiger partial charge in [0, 0.05) is 25.7 Å². The van der Waals surface area contributed by atoms with Gasteiger partial charge in [0.15, 0.2) is 0 Å². The topological polar surface area (TPSA) is 52.7 Å². The van der Waals surface area contributed by atoms with E-state index in [1.807, 2.05) is 13.8 Å². The van der Waals surface area contributed by atoms with Crippen LogP contribution in [-0.4, -0.2) is 59.9 Å². The Balaban J connectivity index is 2.08. The van der Waals surface area contributed by atoms with Gasteiger partial charge in [0.05, 0.1) is 12.5 Å². The largest absolute Gasteiger partial charge is 0.315 e. The maximum Gasteiger partial charge on any atom is 0.247 e. The van der Waals surface area contributed by atoms with Crippen molar-refractivity contribution in [3.63, 3.8) is 0 Å². The van der Waals surface area contributed by atoms with E-state index < -0.39 is 0 Å². The first-order valence-electron chi connectivity index (χ1n) is 7.49. The lowest BCUT2D eigenvalue weighted by Gasteiger charge is -2.28. The van der Waals surface area contributed by atoms with Gasteiger partial charge in [0.2, 0.25) is 11.8 Å². The normalized spacial score (nSPS) is 26.3. The van der Waals surface area contributed by atoms with E-state index in [-0.39, 0.29) is 23.9 Å². The van der Waals surface area contributed by atoms with Crippen LogP contribution < -0.4 is 5.32 Å². The third kappa shape index (κ3) is 2.98. The predicted octanol–water partition coefficient (Wildman–Crippen LogP) is 0.598. The second kappa shape index (κ2) is 6.48. The van der Waals surface area contributed by atoms with Crippen molar-refractivity contribution in [2.24, 2.45) is 0 Å². The van der Waals surface area contributed by atoms with Gasteiger partial charge in [-0.15, -0.1) is 0 Å². The third-order valence-electron chi connectivity index (χ3n) is 4.28. The maximum atomic E-state index is 12.5. The van der Waals surface area contributed by atoms with Crippen molar-refractivity contribution in [2.75, 3.05) is 26.2 Å². The first kappa shape index (κ1) is 14.5. The quantitative estimate of drug-likeness (QED) is 0.758. The summed E-state index contributed by atoms with van der Waals surface area (Å²) in [4.78, 5) is 28.4. The van der Waals surface area contributed by atoms with Gasteiger partial charge in [0.25, 0.3) is 0 Å². The van der Waals surface area contributed by atoms with Crippen molar-refractivity contribution in [2.45, 2.75) is 51.6 Å². The van der Waals surface area contributed by atoms with Gasteiger partial charge in [0.1, 0.15) is 0 Å². The molecule has 0 aromatic heterocycles. The molecule has 2 saturated heterocycles. The summed E-state index contributed by atoms with van der Waals surface area (Å²) >= 11 is 0. The van der Waals surface area contributed by atoms with Crippen LogP contribution >= 0.6 is 0 Å². The highest BCUT2D eigenvalue weighted by molar-refractivity contribution is 6.05. The number of hydrogen-bond acceptors (Lipinski definition) is 4. The fraction of sp³-hybridized carbons (Fsp3) is 0.857. The second-order valence-corrected chi connectivity index (χ2v) is 5.43. The van der Waals surface area contributed by atoms with Crippen LogP contribution in [0.3, 0.4) is 0 Å². The van der Waals surface area contributed by atoms with E-state index in [2.05, 4.69) is 10.2 Å². The molecule has 108 valence electrons. The van der Waals surface area contributed by atoms with Crippen LogP contribution in [0.1, 0.15) is 39.5 Å². The number of rotatable bonds is 4. The molecule has 0 spiro atoms. The molecular formula is C14H25N3O2. The van der Waals surface area contributed by atoms with Gasteiger partial charge in [-0.25, -0.2) is 0 Å². The van der Waals surface area contributed by atoms with Gasteiger partial charge in [-0.3, -0.25) is 19.4 Å². The maximum absolute atomic E-state index is 12.5. The van der Waals surface area contributed by atoms with Crippen molar-refractivity contribution in [3.05, 3.63) is 0 Å². The summed E-state index contributed by atoms with van der Waals surface area (Å²) in [5, 5.41) is 3.33. The Morgan fingerprint density at radius 2 is 1.95 bits per heavy atom. The highest BCUT2D eigenvalue weighted by atomic mass is 16.2. The molecule has 1 unspecified atom stereocenters. The van der Waals surface area contributed by atoms with Gasteiger partial charge >= 0.3 is 0 Å². The van der Waals surface area contributed by atoms with E-state index >= 15 is 0 Å². The summed E-state index contributed by atoms with van der Waals surface area (Å²) in [5.41, 5.74) is 0. The fourth-order valence-corrected chi connectivity index (χ4v) is 3.14. The number of hydrogen-bond donors (Lipinski definition) is 1. The molecule has 2 aliphatic heterocycles. The lowest BCUT2D eigenvalue weighted by molar-refractivity contribution is -0.142. The summed E-state index contributed by atoms with van der Waals surface area (Å²) in [6.07, 6.45) is 3.11. The van der Waals surface area contributed by atoms with Gasteiger partial charge < -0.3 is 5.32 Å². The van der Waals surface area contributed by atoms with Gasteiger partial charge in [-0.2, -0.15) is 0 Å². The van der Waals surface area contributed by atoms with Crippen LogP contribution in [0.2, 0.25) is 0 Å². The summed E-state index contributed by atoms with van der Waals surface area (Å²) in [7, 11) is 0. The van der Waals surface area contributed by atoms with Crippen LogP contribution in [0.4, 0.5) is 0 Å². The fourth-order valence-electron chi connectivity index (χ4n) is 3.14.